The van der Waals surface area contributed by atoms with E-state index in [1.165, 1.54) is 18.2 Å². The topological polar surface area (TPSA) is 66.4 Å². The number of benzene rings is 2. The first-order valence-electron chi connectivity index (χ1n) is 7.54. The van der Waals surface area contributed by atoms with E-state index in [0.29, 0.717) is 17.9 Å². The average Bonchev–Trinajstić information content (AvgIpc) is 2.57. The van der Waals surface area contributed by atoms with Crippen LogP contribution < -0.4 is 4.72 Å². The van der Waals surface area contributed by atoms with E-state index in [9.17, 15) is 13.5 Å². The molecule has 0 saturated carbocycles. The van der Waals surface area contributed by atoms with Gasteiger partial charge in [0.2, 0.25) is 10.0 Å². The third-order valence-corrected chi connectivity index (χ3v) is 5.89. The van der Waals surface area contributed by atoms with Crippen molar-refractivity contribution in [3.63, 3.8) is 0 Å². The number of rotatable bonds is 8. The molecule has 7 heteroatoms. The molecule has 0 saturated heterocycles. The highest BCUT2D eigenvalue weighted by Gasteiger charge is 2.19. The van der Waals surface area contributed by atoms with E-state index in [0.717, 1.165) is 5.56 Å². The van der Waals surface area contributed by atoms with Crippen LogP contribution in [0.3, 0.4) is 0 Å². The van der Waals surface area contributed by atoms with Gasteiger partial charge in [-0.3, -0.25) is 0 Å². The number of nitrogens with one attached hydrogen (secondary N) is 1. The highest BCUT2D eigenvalue weighted by molar-refractivity contribution is 7.89. The summed E-state index contributed by atoms with van der Waals surface area (Å²) in [5.74, 6) is 0.0775. The lowest BCUT2D eigenvalue weighted by molar-refractivity contribution is 0.273. The van der Waals surface area contributed by atoms with Gasteiger partial charge >= 0.3 is 0 Å². The maximum Gasteiger partial charge on any atom is 0.242 e. The summed E-state index contributed by atoms with van der Waals surface area (Å²) in [5, 5.41) is 9.67. The van der Waals surface area contributed by atoms with Crippen molar-refractivity contribution in [2.24, 2.45) is 0 Å². The Balaban J connectivity index is 2.04. The summed E-state index contributed by atoms with van der Waals surface area (Å²) in [7, 11) is -3.74. The summed E-state index contributed by atoms with van der Waals surface area (Å²) in [6.07, 6.45) is 1.14. The first-order valence-corrected chi connectivity index (χ1v) is 9.78. The zero-order valence-corrected chi connectivity index (χ0v) is 15.3. The minimum Gasteiger partial charge on any atom is -0.396 e. The van der Waals surface area contributed by atoms with Gasteiger partial charge < -0.3 is 5.11 Å². The SMILES string of the molecule is O=S(=O)(NCC[C@@H](CCO)c1ccccc1)c1cc(Cl)ccc1Cl. The largest absolute Gasteiger partial charge is 0.396 e. The quantitative estimate of drug-likeness (QED) is 0.723. The lowest BCUT2D eigenvalue weighted by Gasteiger charge is -2.17. The zero-order valence-electron chi connectivity index (χ0n) is 13.0. The zero-order chi connectivity index (χ0) is 17.6. The van der Waals surface area contributed by atoms with Crippen molar-refractivity contribution in [1.29, 1.82) is 0 Å². The molecule has 0 aliphatic heterocycles. The van der Waals surface area contributed by atoms with E-state index >= 15 is 0 Å². The molecular weight excluding hydrogens is 369 g/mol. The standard InChI is InChI=1S/C17H19Cl2NO3S/c18-15-6-7-16(19)17(12-15)24(22,23)20-10-8-14(9-11-21)13-4-2-1-3-5-13/h1-7,12,14,20-21H,8-11H2/t14-/m0/s1. The average molecular weight is 388 g/mol. The molecule has 0 amide bonds. The molecule has 2 aromatic carbocycles. The molecule has 24 heavy (non-hydrogen) atoms. The Labute approximate surface area is 152 Å². The number of halogens is 2. The Hall–Kier alpha value is -1.11. The molecule has 2 N–H and O–H groups in total. The van der Waals surface area contributed by atoms with Crippen LogP contribution in [0.4, 0.5) is 0 Å². The second-order valence-electron chi connectivity index (χ2n) is 5.38. The summed E-state index contributed by atoms with van der Waals surface area (Å²) in [4.78, 5) is -0.0323. The molecule has 1 atom stereocenters. The van der Waals surface area contributed by atoms with Crippen LogP contribution in [-0.2, 0) is 10.0 Å². The van der Waals surface area contributed by atoms with E-state index < -0.39 is 10.0 Å². The molecule has 130 valence electrons. The second-order valence-corrected chi connectivity index (χ2v) is 7.96. The van der Waals surface area contributed by atoms with Crippen molar-refractivity contribution < 1.29 is 13.5 Å². The van der Waals surface area contributed by atoms with Gasteiger partial charge in [-0.15, -0.1) is 0 Å². The molecular formula is C17H19Cl2NO3S. The Bertz CT molecular complexity index is 767. The van der Waals surface area contributed by atoms with Crippen molar-refractivity contribution in [2.45, 2.75) is 23.7 Å². The Kier molecular flexibility index (Phi) is 7.07. The van der Waals surface area contributed by atoms with E-state index in [1.54, 1.807) is 0 Å². The third-order valence-electron chi connectivity index (χ3n) is 3.72. The minimum atomic E-state index is -3.74. The normalized spacial score (nSPS) is 13.0. The summed E-state index contributed by atoms with van der Waals surface area (Å²) in [6.45, 7) is 0.289. The first-order chi connectivity index (χ1) is 11.4. The van der Waals surface area contributed by atoms with E-state index in [-0.39, 0.29) is 29.0 Å². The molecule has 4 nitrogen and oxygen atoms in total. The molecule has 0 radical (unpaired) electrons. The Morgan fingerprint density at radius 1 is 1.04 bits per heavy atom. The molecule has 0 heterocycles. The van der Waals surface area contributed by atoms with Gasteiger partial charge in [-0.25, -0.2) is 13.1 Å². The van der Waals surface area contributed by atoms with Gasteiger partial charge in [-0.05, 0) is 42.5 Å². The number of aliphatic hydroxyl groups excluding tert-OH is 1. The van der Waals surface area contributed by atoms with E-state index in [2.05, 4.69) is 4.72 Å². The highest BCUT2D eigenvalue weighted by atomic mass is 35.5. The summed E-state index contributed by atoms with van der Waals surface area (Å²) >= 11 is 11.8. The van der Waals surface area contributed by atoms with Crippen LogP contribution in [-0.4, -0.2) is 26.7 Å². The fraction of sp³-hybridized carbons (Fsp3) is 0.294. The molecule has 0 aliphatic carbocycles. The molecule has 0 spiro atoms. The molecule has 0 fully saturated rings. The number of sulfonamides is 1. The monoisotopic (exact) mass is 387 g/mol. The van der Waals surface area contributed by atoms with Gasteiger partial charge in [0.1, 0.15) is 4.90 Å². The van der Waals surface area contributed by atoms with Crippen LogP contribution in [0.25, 0.3) is 0 Å². The second kappa shape index (κ2) is 8.83. The van der Waals surface area contributed by atoms with Crippen LogP contribution >= 0.6 is 23.2 Å². The molecule has 0 bridgehead atoms. The molecule has 0 aromatic heterocycles. The summed E-state index contributed by atoms with van der Waals surface area (Å²) in [6, 6.07) is 14.0. The van der Waals surface area contributed by atoms with Gasteiger partial charge in [-0.2, -0.15) is 0 Å². The van der Waals surface area contributed by atoms with Gasteiger partial charge in [-0.1, -0.05) is 53.5 Å². The number of hydrogen-bond acceptors (Lipinski definition) is 3. The summed E-state index contributed by atoms with van der Waals surface area (Å²) in [5.41, 5.74) is 1.08. The van der Waals surface area contributed by atoms with Gasteiger partial charge in [0.25, 0.3) is 0 Å². The van der Waals surface area contributed by atoms with Crippen LogP contribution in [0.2, 0.25) is 10.0 Å². The van der Waals surface area contributed by atoms with Crippen LogP contribution in [0.1, 0.15) is 24.3 Å². The fourth-order valence-electron chi connectivity index (χ4n) is 2.49. The van der Waals surface area contributed by atoms with Crippen LogP contribution in [0.15, 0.2) is 53.4 Å². The third kappa shape index (κ3) is 5.19. The lowest BCUT2D eigenvalue weighted by Crippen LogP contribution is -2.26. The van der Waals surface area contributed by atoms with E-state index in [4.69, 9.17) is 23.2 Å². The molecule has 0 unspecified atom stereocenters. The molecule has 2 rings (SSSR count). The smallest absolute Gasteiger partial charge is 0.242 e. The molecule has 0 aliphatic rings. The van der Waals surface area contributed by atoms with E-state index in [1.807, 2.05) is 30.3 Å². The summed E-state index contributed by atoms with van der Waals surface area (Å²) < 4.78 is 27.3. The Morgan fingerprint density at radius 3 is 2.42 bits per heavy atom. The maximum absolute atomic E-state index is 12.4. The first kappa shape index (κ1) is 19.2. The van der Waals surface area contributed by atoms with Crippen LogP contribution in [0.5, 0.6) is 0 Å². The van der Waals surface area contributed by atoms with Gasteiger partial charge in [0.05, 0.1) is 5.02 Å². The Morgan fingerprint density at radius 2 is 1.75 bits per heavy atom. The van der Waals surface area contributed by atoms with Crippen molar-refractivity contribution in [3.8, 4) is 0 Å². The molecule has 2 aromatic rings. The predicted octanol–water partition coefficient (Wildman–Crippen LogP) is 3.83. The predicted molar refractivity (Wildman–Crippen MR) is 97.2 cm³/mol. The van der Waals surface area contributed by atoms with Crippen LogP contribution in [0, 0.1) is 0 Å². The number of aliphatic hydroxyl groups is 1. The minimum absolute atomic E-state index is 0.0323. The van der Waals surface area contributed by atoms with Crippen molar-refractivity contribution in [2.75, 3.05) is 13.2 Å². The van der Waals surface area contributed by atoms with Gasteiger partial charge in [0.15, 0.2) is 0 Å². The van der Waals surface area contributed by atoms with Crippen molar-refractivity contribution in [1.82, 2.24) is 4.72 Å². The number of hydrogen-bond donors (Lipinski definition) is 2. The lowest BCUT2D eigenvalue weighted by atomic mass is 9.93. The maximum atomic E-state index is 12.4. The van der Waals surface area contributed by atoms with Crippen molar-refractivity contribution >= 4 is 33.2 Å². The highest BCUT2D eigenvalue weighted by Crippen LogP contribution is 2.26. The fourth-order valence-corrected chi connectivity index (χ4v) is 4.30. The van der Waals surface area contributed by atoms with Crippen molar-refractivity contribution in [3.05, 3.63) is 64.1 Å². The van der Waals surface area contributed by atoms with Gasteiger partial charge in [0, 0.05) is 18.2 Å².